The molecule has 0 radical (unpaired) electrons. The van der Waals surface area contributed by atoms with Crippen LogP contribution in [0.2, 0.25) is 0 Å². The molecule has 0 atom stereocenters. The number of halogens is 4. The van der Waals surface area contributed by atoms with Gasteiger partial charge >= 0.3 is 18.2 Å². The van der Waals surface area contributed by atoms with Crippen LogP contribution in [0.4, 0.5) is 38.5 Å². The number of nitrogens with zero attached hydrogens (tertiary/aromatic N) is 4. The van der Waals surface area contributed by atoms with Crippen LogP contribution >= 0.6 is 0 Å². The van der Waals surface area contributed by atoms with Gasteiger partial charge in [0.05, 0.1) is 17.2 Å². The van der Waals surface area contributed by atoms with Crippen LogP contribution in [0.5, 0.6) is 0 Å². The van der Waals surface area contributed by atoms with Crippen molar-refractivity contribution < 1.29 is 27.2 Å². The lowest BCUT2D eigenvalue weighted by Gasteiger charge is -2.35. The molecular weight excluding hydrogens is 552 g/mol. The molecule has 0 aromatic heterocycles. The predicted octanol–water partition coefficient (Wildman–Crippen LogP) is 5.77. The van der Waals surface area contributed by atoms with Gasteiger partial charge in [-0.2, -0.15) is 18.4 Å². The summed E-state index contributed by atoms with van der Waals surface area (Å²) in [5.74, 6) is -1.43. The monoisotopic (exact) mass is 582 g/mol. The predicted molar refractivity (Wildman–Crippen MR) is 151 cm³/mol. The Kier molecular flexibility index (Phi) is 9.64. The first kappa shape index (κ1) is 30.3. The highest BCUT2D eigenvalue weighted by molar-refractivity contribution is 6.02. The minimum absolute atomic E-state index is 0.129. The van der Waals surface area contributed by atoms with Crippen molar-refractivity contribution in [2.24, 2.45) is 0 Å². The van der Waals surface area contributed by atoms with Gasteiger partial charge in [-0.3, -0.25) is 9.80 Å². The van der Waals surface area contributed by atoms with E-state index >= 15 is 0 Å². The van der Waals surface area contributed by atoms with E-state index in [1.54, 1.807) is 47.4 Å². The van der Waals surface area contributed by atoms with Gasteiger partial charge in [0.1, 0.15) is 5.82 Å². The molecule has 0 aliphatic carbocycles. The smallest absolute Gasteiger partial charge is 0.338 e. The second kappa shape index (κ2) is 13.4. The van der Waals surface area contributed by atoms with Crippen molar-refractivity contribution in [3.63, 3.8) is 0 Å². The normalized spacial score (nSPS) is 13.8. The van der Waals surface area contributed by atoms with Crippen LogP contribution < -0.4 is 15.5 Å². The van der Waals surface area contributed by atoms with E-state index in [0.717, 1.165) is 17.2 Å². The molecule has 0 bridgehead atoms. The number of rotatable bonds is 7. The highest BCUT2D eigenvalue weighted by atomic mass is 19.4. The summed E-state index contributed by atoms with van der Waals surface area (Å²) < 4.78 is 53.5. The highest BCUT2D eigenvalue weighted by Gasteiger charge is 2.34. The Bertz CT molecular complexity index is 1450. The molecule has 1 fully saturated rings. The highest BCUT2D eigenvalue weighted by Crippen LogP contribution is 2.33. The standard InChI is InChI=1S/C30H30F4N6O2/c1-2-36-28(41)39-15-12-38(13-16-39)14-17-40(29(42)37-24-8-11-27(31)26(19-24)30(32,33)34)25-9-6-22(7-10-25)23-5-3-4-21(18-23)20-35/h3-11,18-19H,2,12-17H2,1H3,(H,36,41)(H,37,42). The fraction of sp³-hybridized carbons (Fsp3) is 0.300. The summed E-state index contributed by atoms with van der Waals surface area (Å²) in [7, 11) is 0. The zero-order valence-electron chi connectivity index (χ0n) is 22.9. The van der Waals surface area contributed by atoms with Crippen LogP contribution in [0.15, 0.2) is 66.7 Å². The zero-order chi connectivity index (χ0) is 30.3. The van der Waals surface area contributed by atoms with Gasteiger partial charge in [-0.05, 0) is 60.5 Å². The SMILES string of the molecule is CCNC(=O)N1CCN(CCN(C(=O)Nc2ccc(F)c(C(F)(F)F)c2)c2ccc(-c3cccc(C#N)c3)cc2)CC1. The molecule has 1 saturated heterocycles. The Morgan fingerprint density at radius 3 is 2.33 bits per heavy atom. The number of carbonyl (C=O) groups is 2. The van der Waals surface area contributed by atoms with Crippen LogP contribution in [-0.4, -0.2) is 67.7 Å². The fourth-order valence-corrected chi connectivity index (χ4v) is 4.64. The molecule has 1 heterocycles. The molecule has 3 aromatic carbocycles. The molecule has 42 heavy (non-hydrogen) atoms. The van der Waals surface area contributed by atoms with E-state index < -0.39 is 23.6 Å². The average Bonchev–Trinajstić information content (AvgIpc) is 2.98. The third-order valence-electron chi connectivity index (χ3n) is 6.90. The molecule has 1 aliphatic heterocycles. The summed E-state index contributed by atoms with van der Waals surface area (Å²) in [4.78, 5) is 30.7. The number of hydrogen-bond acceptors (Lipinski definition) is 4. The summed E-state index contributed by atoms with van der Waals surface area (Å²) in [6.07, 6.45) is -4.92. The van der Waals surface area contributed by atoms with Crippen LogP contribution in [0.25, 0.3) is 11.1 Å². The number of piperazine rings is 1. The van der Waals surface area contributed by atoms with E-state index in [9.17, 15) is 32.4 Å². The van der Waals surface area contributed by atoms with E-state index in [4.69, 9.17) is 0 Å². The largest absolute Gasteiger partial charge is 0.419 e. The number of nitriles is 1. The van der Waals surface area contributed by atoms with Crippen molar-refractivity contribution in [2.75, 3.05) is 56.0 Å². The molecule has 2 N–H and O–H groups in total. The Morgan fingerprint density at radius 1 is 0.976 bits per heavy atom. The van der Waals surface area contributed by atoms with Gasteiger partial charge in [-0.1, -0.05) is 24.3 Å². The van der Waals surface area contributed by atoms with Gasteiger partial charge in [0.25, 0.3) is 0 Å². The number of carbonyl (C=O) groups excluding carboxylic acids is 2. The molecule has 0 saturated carbocycles. The maximum absolute atomic E-state index is 13.8. The fourth-order valence-electron chi connectivity index (χ4n) is 4.64. The molecule has 0 unspecified atom stereocenters. The number of amides is 4. The zero-order valence-corrected chi connectivity index (χ0v) is 22.9. The van der Waals surface area contributed by atoms with Gasteiger partial charge in [0.15, 0.2) is 0 Å². The van der Waals surface area contributed by atoms with Crippen molar-refractivity contribution in [1.29, 1.82) is 5.26 Å². The summed E-state index contributed by atoms with van der Waals surface area (Å²) in [5, 5.41) is 14.5. The van der Waals surface area contributed by atoms with Crippen molar-refractivity contribution in [2.45, 2.75) is 13.1 Å². The van der Waals surface area contributed by atoms with Crippen LogP contribution in [0, 0.1) is 17.1 Å². The minimum Gasteiger partial charge on any atom is -0.338 e. The quantitative estimate of drug-likeness (QED) is 0.346. The Hall–Kier alpha value is -4.63. The average molecular weight is 583 g/mol. The molecule has 4 rings (SSSR count). The van der Waals surface area contributed by atoms with E-state index in [0.29, 0.717) is 62.7 Å². The summed E-state index contributed by atoms with van der Waals surface area (Å²) in [6.45, 7) is 5.24. The number of hydrogen-bond donors (Lipinski definition) is 2. The molecule has 4 amide bonds. The van der Waals surface area contributed by atoms with E-state index in [1.165, 1.54) is 4.90 Å². The number of nitrogens with one attached hydrogen (secondary N) is 2. The Morgan fingerprint density at radius 2 is 1.69 bits per heavy atom. The lowest BCUT2D eigenvalue weighted by Crippen LogP contribution is -2.53. The van der Waals surface area contributed by atoms with Crippen molar-refractivity contribution in [3.8, 4) is 17.2 Å². The third-order valence-corrected chi connectivity index (χ3v) is 6.90. The van der Waals surface area contributed by atoms with Crippen molar-refractivity contribution in [1.82, 2.24) is 15.1 Å². The van der Waals surface area contributed by atoms with Gasteiger partial charge in [-0.25, -0.2) is 14.0 Å². The second-order valence-electron chi connectivity index (χ2n) is 9.68. The molecule has 8 nitrogen and oxygen atoms in total. The summed E-state index contributed by atoms with van der Waals surface area (Å²) in [6, 6.07) is 17.7. The minimum atomic E-state index is -4.92. The lowest BCUT2D eigenvalue weighted by atomic mass is 10.0. The number of urea groups is 2. The third kappa shape index (κ3) is 7.55. The first-order chi connectivity index (χ1) is 20.1. The number of alkyl halides is 3. The van der Waals surface area contributed by atoms with E-state index in [-0.39, 0.29) is 18.3 Å². The molecule has 0 spiro atoms. The first-order valence-electron chi connectivity index (χ1n) is 13.4. The van der Waals surface area contributed by atoms with Gasteiger partial charge in [0.2, 0.25) is 0 Å². The van der Waals surface area contributed by atoms with E-state index in [2.05, 4.69) is 21.6 Å². The van der Waals surface area contributed by atoms with Gasteiger partial charge in [-0.15, -0.1) is 0 Å². The molecule has 1 aliphatic rings. The number of benzene rings is 3. The van der Waals surface area contributed by atoms with E-state index in [1.807, 2.05) is 13.0 Å². The van der Waals surface area contributed by atoms with Gasteiger partial charge in [0, 0.05) is 57.2 Å². The Balaban J connectivity index is 1.53. The molecule has 12 heteroatoms. The number of anilines is 2. The maximum atomic E-state index is 13.8. The Labute approximate surface area is 241 Å². The van der Waals surface area contributed by atoms with Crippen LogP contribution in [0.1, 0.15) is 18.1 Å². The lowest BCUT2D eigenvalue weighted by molar-refractivity contribution is -0.139. The topological polar surface area (TPSA) is 91.7 Å². The van der Waals surface area contributed by atoms with Crippen LogP contribution in [-0.2, 0) is 6.18 Å². The van der Waals surface area contributed by atoms with Crippen LogP contribution in [0.3, 0.4) is 0 Å². The summed E-state index contributed by atoms with van der Waals surface area (Å²) in [5.41, 5.74) is 0.952. The second-order valence-corrected chi connectivity index (χ2v) is 9.68. The van der Waals surface area contributed by atoms with Gasteiger partial charge < -0.3 is 15.5 Å². The molecule has 220 valence electrons. The summed E-state index contributed by atoms with van der Waals surface area (Å²) >= 11 is 0. The maximum Gasteiger partial charge on any atom is 0.419 e. The van der Waals surface area contributed by atoms with Crippen molar-refractivity contribution in [3.05, 3.63) is 83.7 Å². The molecular formula is C30H30F4N6O2. The molecule has 3 aromatic rings. The van der Waals surface area contributed by atoms with Crippen molar-refractivity contribution >= 4 is 23.4 Å². The first-order valence-corrected chi connectivity index (χ1v) is 13.4.